The number of carbonyl (C=O) groups is 1. The lowest BCUT2D eigenvalue weighted by Crippen LogP contribution is -2.19. The molecule has 3 aromatic rings. The molecule has 1 aliphatic rings. The number of carbonyl (C=O) groups excluding carboxylic acids is 1. The van der Waals surface area contributed by atoms with E-state index in [1.165, 1.54) is 23.9 Å². The summed E-state index contributed by atoms with van der Waals surface area (Å²) < 4.78 is 3.58. The molecule has 0 fully saturated rings. The number of nitrogens with zero attached hydrogens (tertiary/aromatic N) is 7. The molecule has 0 radical (unpaired) electrons. The molecule has 1 aliphatic heterocycles. The number of tetrazole rings is 1. The molecular formula is C16H18N8O. The predicted octanol–water partition coefficient (Wildman–Crippen LogP) is 1.30. The van der Waals surface area contributed by atoms with Gasteiger partial charge in [-0.05, 0) is 47.5 Å². The lowest BCUT2D eigenvalue weighted by atomic mass is 10.2. The molecule has 0 aliphatic carbocycles. The molecule has 2 aromatic heterocycles. The zero-order chi connectivity index (χ0) is 17.1. The maximum Gasteiger partial charge on any atom is 0.246 e. The monoisotopic (exact) mass is 338 g/mol. The van der Waals surface area contributed by atoms with Gasteiger partial charge in [-0.2, -0.15) is 0 Å². The minimum absolute atomic E-state index is 0.0758. The summed E-state index contributed by atoms with van der Waals surface area (Å²) in [5, 5.41) is 22.2. The van der Waals surface area contributed by atoms with Crippen LogP contribution in [0.5, 0.6) is 0 Å². The van der Waals surface area contributed by atoms with Crippen LogP contribution in [0.1, 0.15) is 25.1 Å². The number of aryl methyl sites for hydroxylation is 1. The summed E-state index contributed by atoms with van der Waals surface area (Å²) in [4.78, 5) is 12.0. The van der Waals surface area contributed by atoms with E-state index >= 15 is 0 Å². The van der Waals surface area contributed by atoms with Crippen molar-refractivity contribution in [3.8, 4) is 11.4 Å². The summed E-state index contributed by atoms with van der Waals surface area (Å²) in [6.45, 7) is 1.04. The minimum atomic E-state index is -0.184. The molecule has 9 heteroatoms. The fraction of sp³-hybridized carbons (Fsp3) is 0.375. The van der Waals surface area contributed by atoms with Crippen LogP contribution in [0.25, 0.3) is 11.4 Å². The highest BCUT2D eigenvalue weighted by atomic mass is 16.2. The Labute approximate surface area is 144 Å². The minimum Gasteiger partial charge on any atom is -0.324 e. The molecule has 0 unspecified atom stereocenters. The average molecular weight is 338 g/mol. The van der Waals surface area contributed by atoms with Gasteiger partial charge in [0, 0.05) is 24.2 Å². The lowest BCUT2D eigenvalue weighted by Gasteiger charge is -2.08. The molecule has 9 nitrogen and oxygen atoms in total. The highest BCUT2D eigenvalue weighted by Gasteiger charge is 2.16. The molecule has 0 bridgehead atoms. The van der Waals surface area contributed by atoms with Crippen molar-refractivity contribution in [2.24, 2.45) is 0 Å². The van der Waals surface area contributed by atoms with Crippen LogP contribution in [0, 0.1) is 0 Å². The van der Waals surface area contributed by atoms with E-state index in [0.29, 0.717) is 0 Å². The maximum absolute atomic E-state index is 12.0. The smallest absolute Gasteiger partial charge is 0.246 e. The third kappa shape index (κ3) is 3.39. The fourth-order valence-corrected chi connectivity index (χ4v) is 3.00. The van der Waals surface area contributed by atoms with Crippen molar-refractivity contribution < 1.29 is 4.79 Å². The summed E-state index contributed by atoms with van der Waals surface area (Å²) >= 11 is 0. The summed E-state index contributed by atoms with van der Waals surface area (Å²) in [6.07, 6.45) is 5.95. The van der Waals surface area contributed by atoms with Crippen LogP contribution < -0.4 is 5.32 Å². The second kappa shape index (κ2) is 6.80. The summed E-state index contributed by atoms with van der Waals surface area (Å²) in [5.41, 5.74) is 1.72. The van der Waals surface area contributed by atoms with Crippen molar-refractivity contribution >= 4 is 11.6 Å². The first-order valence-electron chi connectivity index (χ1n) is 8.33. The van der Waals surface area contributed by atoms with Crippen molar-refractivity contribution in [2.45, 2.75) is 38.8 Å². The number of amides is 1. The lowest BCUT2D eigenvalue weighted by molar-refractivity contribution is -0.116. The predicted molar refractivity (Wildman–Crippen MR) is 89.5 cm³/mol. The SMILES string of the molecule is O=C(Cn1cnnn1)Nc1ccc(-c2nnc3n2CCCCC3)cc1. The van der Waals surface area contributed by atoms with E-state index in [1.807, 2.05) is 24.3 Å². The second-order valence-corrected chi connectivity index (χ2v) is 6.04. The summed E-state index contributed by atoms with van der Waals surface area (Å²) in [5.74, 6) is 1.77. The van der Waals surface area contributed by atoms with Crippen molar-refractivity contribution in [3.05, 3.63) is 36.4 Å². The molecule has 25 heavy (non-hydrogen) atoms. The zero-order valence-corrected chi connectivity index (χ0v) is 13.7. The Bertz CT molecular complexity index is 853. The van der Waals surface area contributed by atoms with Crippen LogP contribution in [0.4, 0.5) is 5.69 Å². The van der Waals surface area contributed by atoms with Gasteiger partial charge in [-0.3, -0.25) is 4.79 Å². The highest BCUT2D eigenvalue weighted by molar-refractivity contribution is 5.90. The Kier molecular flexibility index (Phi) is 4.19. The Morgan fingerprint density at radius 1 is 1.12 bits per heavy atom. The van der Waals surface area contributed by atoms with Crippen LogP contribution in [0.3, 0.4) is 0 Å². The van der Waals surface area contributed by atoms with E-state index in [0.717, 1.165) is 42.3 Å². The van der Waals surface area contributed by atoms with E-state index in [1.54, 1.807) is 0 Å². The molecule has 4 rings (SSSR count). The molecule has 3 heterocycles. The molecule has 128 valence electrons. The van der Waals surface area contributed by atoms with Crippen LogP contribution in [0.15, 0.2) is 30.6 Å². The van der Waals surface area contributed by atoms with Crippen molar-refractivity contribution in [1.29, 1.82) is 0 Å². The first-order valence-corrected chi connectivity index (χ1v) is 8.33. The average Bonchev–Trinajstić information content (AvgIpc) is 3.20. The standard InChI is InChI=1S/C16H18N8O/c25-15(10-23-11-17-21-22-23)18-13-7-5-12(6-8-13)16-20-19-14-4-2-1-3-9-24(14)16/h5-8,11H,1-4,9-10H2,(H,18,25). The molecule has 1 aromatic carbocycles. The van der Waals surface area contributed by atoms with Crippen molar-refractivity contribution in [2.75, 3.05) is 5.32 Å². The quantitative estimate of drug-likeness (QED) is 0.769. The third-order valence-electron chi connectivity index (χ3n) is 4.23. The zero-order valence-electron chi connectivity index (χ0n) is 13.7. The molecule has 0 saturated heterocycles. The van der Waals surface area contributed by atoms with Crippen molar-refractivity contribution in [1.82, 2.24) is 35.0 Å². The summed E-state index contributed by atoms with van der Waals surface area (Å²) in [7, 11) is 0. The number of aromatic nitrogens is 7. The number of fused-ring (bicyclic) bond motifs is 1. The fourth-order valence-electron chi connectivity index (χ4n) is 3.00. The van der Waals surface area contributed by atoms with Gasteiger partial charge < -0.3 is 9.88 Å². The Morgan fingerprint density at radius 2 is 2.00 bits per heavy atom. The van der Waals surface area contributed by atoms with E-state index in [4.69, 9.17) is 0 Å². The van der Waals surface area contributed by atoms with Crippen LogP contribution in [-0.4, -0.2) is 40.9 Å². The van der Waals surface area contributed by atoms with Gasteiger partial charge in [-0.15, -0.1) is 15.3 Å². The van der Waals surface area contributed by atoms with E-state index in [-0.39, 0.29) is 12.5 Å². The molecule has 1 amide bonds. The molecule has 0 atom stereocenters. The Balaban J connectivity index is 1.47. The Morgan fingerprint density at radius 3 is 2.80 bits per heavy atom. The van der Waals surface area contributed by atoms with Gasteiger partial charge in [-0.25, -0.2) is 4.68 Å². The number of nitrogens with one attached hydrogen (secondary N) is 1. The van der Waals surface area contributed by atoms with E-state index in [9.17, 15) is 4.79 Å². The van der Waals surface area contributed by atoms with E-state index in [2.05, 4.69) is 35.6 Å². The number of anilines is 1. The van der Waals surface area contributed by atoms with E-state index < -0.39 is 0 Å². The number of benzene rings is 1. The topological polar surface area (TPSA) is 103 Å². The largest absolute Gasteiger partial charge is 0.324 e. The van der Waals surface area contributed by atoms with Gasteiger partial charge >= 0.3 is 0 Å². The molecular weight excluding hydrogens is 320 g/mol. The number of hydrogen-bond acceptors (Lipinski definition) is 6. The third-order valence-corrected chi connectivity index (χ3v) is 4.23. The van der Waals surface area contributed by atoms with Crippen LogP contribution in [-0.2, 0) is 24.3 Å². The summed E-state index contributed by atoms with van der Waals surface area (Å²) in [6, 6.07) is 7.64. The normalized spacial score (nSPS) is 13.9. The van der Waals surface area contributed by atoms with Gasteiger partial charge in [-0.1, -0.05) is 6.42 Å². The number of rotatable bonds is 4. The molecule has 1 N–H and O–H groups in total. The maximum atomic E-state index is 12.0. The number of hydrogen-bond donors (Lipinski definition) is 1. The first-order chi connectivity index (χ1) is 12.3. The van der Waals surface area contributed by atoms with Crippen LogP contribution in [0.2, 0.25) is 0 Å². The second-order valence-electron chi connectivity index (χ2n) is 6.04. The van der Waals surface area contributed by atoms with Gasteiger partial charge in [0.25, 0.3) is 0 Å². The van der Waals surface area contributed by atoms with Gasteiger partial charge in [0.1, 0.15) is 18.7 Å². The molecule has 0 saturated carbocycles. The highest BCUT2D eigenvalue weighted by Crippen LogP contribution is 2.23. The van der Waals surface area contributed by atoms with Gasteiger partial charge in [0.2, 0.25) is 5.91 Å². The van der Waals surface area contributed by atoms with Gasteiger partial charge in [0.15, 0.2) is 5.82 Å². The first kappa shape index (κ1) is 15.4. The molecule has 0 spiro atoms. The Hall–Kier alpha value is -3.10. The van der Waals surface area contributed by atoms with Crippen LogP contribution >= 0.6 is 0 Å². The van der Waals surface area contributed by atoms with Crippen molar-refractivity contribution in [3.63, 3.8) is 0 Å². The van der Waals surface area contributed by atoms with Gasteiger partial charge in [0.05, 0.1) is 0 Å².